The van der Waals surface area contributed by atoms with Crippen molar-refractivity contribution >= 4 is 16.8 Å². The van der Waals surface area contributed by atoms with E-state index in [1.165, 1.54) is 0 Å². The smallest absolute Gasteiger partial charge is 0.252 e. The molecule has 0 aliphatic carbocycles. The van der Waals surface area contributed by atoms with E-state index in [4.69, 9.17) is 14.5 Å². The number of benzene rings is 2. The average Bonchev–Trinajstić information content (AvgIpc) is 3.16. The van der Waals surface area contributed by atoms with Crippen molar-refractivity contribution in [1.29, 1.82) is 0 Å². The Morgan fingerprint density at radius 1 is 1.03 bits per heavy atom. The Kier molecular flexibility index (Phi) is 6.58. The summed E-state index contributed by atoms with van der Waals surface area (Å²) in [6, 6.07) is 15.2. The zero-order valence-electron chi connectivity index (χ0n) is 19.4. The number of amides is 1. The van der Waals surface area contributed by atoms with Gasteiger partial charge in [0.25, 0.3) is 5.91 Å². The minimum absolute atomic E-state index is 0.164. The number of carbonyl (C=O) groups is 1. The predicted octanol–water partition coefficient (Wildman–Crippen LogP) is 4.67. The summed E-state index contributed by atoms with van der Waals surface area (Å²) in [7, 11) is 1.89. The number of aromatic nitrogens is 3. The van der Waals surface area contributed by atoms with Gasteiger partial charge >= 0.3 is 0 Å². The number of para-hydroxylation sites is 1. The Morgan fingerprint density at radius 2 is 1.79 bits per heavy atom. The fourth-order valence-corrected chi connectivity index (χ4v) is 3.73. The molecule has 2 heterocycles. The van der Waals surface area contributed by atoms with Gasteiger partial charge in [0, 0.05) is 30.2 Å². The van der Waals surface area contributed by atoms with Crippen LogP contribution in [0.5, 0.6) is 11.5 Å². The van der Waals surface area contributed by atoms with Gasteiger partial charge in [-0.15, -0.1) is 0 Å². The molecule has 0 spiro atoms. The van der Waals surface area contributed by atoms with E-state index in [-0.39, 0.29) is 5.91 Å². The van der Waals surface area contributed by atoms with Crippen LogP contribution in [0.2, 0.25) is 0 Å². The molecule has 0 radical (unpaired) electrons. The highest BCUT2D eigenvalue weighted by Crippen LogP contribution is 2.29. The molecule has 4 rings (SSSR count). The zero-order valence-corrected chi connectivity index (χ0v) is 19.4. The first-order valence-electron chi connectivity index (χ1n) is 11.1. The Morgan fingerprint density at radius 3 is 2.52 bits per heavy atom. The number of fused-ring (bicyclic) bond motifs is 1. The largest absolute Gasteiger partial charge is 0.490 e. The van der Waals surface area contributed by atoms with Gasteiger partial charge in [0.1, 0.15) is 0 Å². The van der Waals surface area contributed by atoms with Crippen molar-refractivity contribution in [3.05, 3.63) is 71.5 Å². The molecular weight excluding hydrogens is 416 g/mol. The van der Waals surface area contributed by atoms with Crippen LogP contribution in [-0.4, -0.2) is 33.9 Å². The van der Waals surface area contributed by atoms with Gasteiger partial charge in [-0.1, -0.05) is 24.3 Å². The Balaban J connectivity index is 1.63. The van der Waals surface area contributed by atoms with Crippen LogP contribution in [0.25, 0.3) is 22.2 Å². The van der Waals surface area contributed by atoms with Crippen LogP contribution in [0.15, 0.2) is 54.7 Å². The van der Waals surface area contributed by atoms with Crippen LogP contribution in [0.1, 0.15) is 35.5 Å². The van der Waals surface area contributed by atoms with E-state index in [2.05, 4.69) is 10.4 Å². The Bertz CT molecular complexity index is 1300. The third-order valence-electron chi connectivity index (χ3n) is 5.53. The van der Waals surface area contributed by atoms with Gasteiger partial charge in [-0.25, -0.2) is 4.98 Å². The summed E-state index contributed by atoms with van der Waals surface area (Å²) in [6.45, 7) is 7.31. The number of nitrogens with zero attached hydrogens (tertiary/aromatic N) is 3. The van der Waals surface area contributed by atoms with E-state index >= 15 is 0 Å². The first-order chi connectivity index (χ1) is 16.0. The second kappa shape index (κ2) is 9.73. The van der Waals surface area contributed by atoms with Crippen LogP contribution in [0.4, 0.5) is 0 Å². The Labute approximate surface area is 193 Å². The molecule has 0 saturated heterocycles. The van der Waals surface area contributed by atoms with Crippen molar-refractivity contribution in [3.8, 4) is 22.8 Å². The molecule has 0 fully saturated rings. The van der Waals surface area contributed by atoms with Gasteiger partial charge < -0.3 is 14.8 Å². The van der Waals surface area contributed by atoms with E-state index in [1.807, 2.05) is 76.3 Å². The minimum atomic E-state index is -0.164. The van der Waals surface area contributed by atoms with E-state index in [1.54, 1.807) is 10.9 Å². The molecule has 0 bridgehead atoms. The molecule has 0 aliphatic rings. The molecule has 4 aromatic rings. The highest BCUT2D eigenvalue weighted by atomic mass is 16.5. The van der Waals surface area contributed by atoms with E-state index in [0.717, 1.165) is 33.4 Å². The van der Waals surface area contributed by atoms with Gasteiger partial charge in [-0.05, 0) is 50.6 Å². The molecule has 1 N–H and O–H groups in total. The Hall–Kier alpha value is -3.87. The number of hydrogen-bond acceptors (Lipinski definition) is 5. The van der Waals surface area contributed by atoms with Gasteiger partial charge in [0.15, 0.2) is 11.5 Å². The third kappa shape index (κ3) is 4.67. The second-order valence-electron chi connectivity index (χ2n) is 7.67. The molecule has 7 heteroatoms. The van der Waals surface area contributed by atoms with Crippen molar-refractivity contribution < 1.29 is 14.3 Å². The van der Waals surface area contributed by atoms with Crippen molar-refractivity contribution in [2.75, 3.05) is 13.2 Å². The van der Waals surface area contributed by atoms with Gasteiger partial charge in [0.2, 0.25) is 0 Å². The summed E-state index contributed by atoms with van der Waals surface area (Å²) in [5, 5.41) is 8.17. The van der Waals surface area contributed by atoms with Crippen molar-refractivity contribution in [2.24, 2.45) is 7.05 Å². The molecule has 0 saturated carbocycles. The molecule has 2 aromatic carbocycles. The fraction of sp³-hybridized carbons (Fsp3) is 0.269. The molecular formula is C26H28N4O3. The van der Waals surface area contributed by atoms with Crippen LogP contribution in [0, 0.1) is 6.92 Å². The highest BCUT2D eigenvalue weighted by Gasteiger charge is 2.16. The number of hydrogen-bond donors (Lipinski definition) is 1. The lowest BCUT2D eigenvalue weighted by atomic mass is 10.0. The number of ether oxygens (including phenoxy) is 2. The third-order valence-corrected chi connectivity index (χ3v) is 5.53. The lowest BCUT2D eigenvalue weighted by Gasteiger charge is -2.13. The molecule has 0 aliphatic heterocycles. The number of nitrogens with one attached hydrogen (secondary N) is 1. The maximum Gasteiger partial charge on any atom is 0.252 e. The fourth-order valence-electron chi connectivity index (χ4n) is 3.73. The van der Waals surface area contributed by atoms with Gasteiger partial charge in [-0.2, -0.15) is 5.10 Å². The maximum atomic E-state index is 13.3. The van der Waals surface area contributed by atoms with Crippen LogP contribution < -0.4 is 14.8 Å². The zero-order chi connectivity index (χ0) is 23.4. The molecule has 170 valence electrons. The SMILES string of the molecule is CCOc1ccc(CNC(=O)c2cc(-c3cnn(C)c3C)nc3ccccc23)cc1OCC. The summed E-state index contributed by atoms with van der Waals surface area (Å²) in [6.07, 6.45) is 1.78. The molecule has 0 unspecified atom stereocenters. The van der Waals surface area contributed by atoms with Crippen molar-refractivity contribution in [1.82, 2.24) is 20.1 Å². The minimum Gasteiger partial charge on any atom is -0.490 e. The van der Waals surface area contributed by atoms with Crippen LogP contribution in [0.3, 0.4) is 0 Å². The van der Waals surface area contributed by atoms with Crippen molar-refractivity contribution in [2.45, 2.75) is 27.3 Å². The monoisotopic (exact) mass is 444 g/mol. The highest BCUT2D eigenvalue weighted by molar-refractivity contribution is 6.07. The number of aryl methyl sites for hydroxylation is 1. The van der Waals surface area contributed by atoms with Gasteiger partial charge in [0.05, 0.1) is 36.2 Å². The lowest BCUT2D eigenvalue weighted by molar-refractivity contribution is 0.0952. The van der Waals surface area contributed by atoms with Crippen LogP contribution in [-0.2, 0) is 13.6 Å². The molecule has 7 nitrogen and oxygen atoms in total. The standard InChI is InChI=1S/C26H28N4O3/c1-5-32-24-12-11-18(13-25(24)33-6-2)15-27-26(31)20-14-23(21-16-28-30(4)17(21)3)29-22-10-8-7-9-19(20)22/h7-14,16H,5-6,15H2,1-4H3,(H,27,31). The maximum absolute atomic E-state index is 13.3. The molecule has 33 heavy (non-hydrogen) atoms. The summed E-state index contributed by atoms with van der Waals surface area (Å²) in [4.78, 5) is 18.0. The average molecular weight is 445 g/mol. The lowest BCUT2D eigenvalue weighted by Crippen LogP contribution is -2.23. The van der Waals surface area contributed by atoms with E-state index in [9.17, 15) is 4.79 Å². The second-order valence-corrected chi connectivity index (χ2v) is 7.67. The first-order valence-corrected chi connectivity index (χ1v) is 11.1. The summed E-state index contributed by atoms with van der Waals surface area (Å²) in [5.41, 5.74) is 4.89. The van der Waals surface area contributed by atoms with E-state index < -0.39 is 0 Å². The number of carbonyl (C=O) groups excluding carboxylic acids is 1. The predicted molar refractivity (Wildman–Crippen MR) is 129 cm³/mol. The first kappa shape index (κ1) is 22.3. The molecule has 1 amide bonds. The van der Waals surface area contributed by atoms with Gasteiger partial charge in [-0.3, -0.25) is 9.48 Å². The number of pyridine rings is 1. The summed E-state index contributed by atoms with van der Waals surface area (Å²) < 4.78 is 13.1. The number of rotatable bonds is 8. The summed E-state index contributed by atoms with van der Waals surface area (Å²) >= 11 is 0. The quantitative estimate of drug-likeness (QED) is 0.427. The topological polar surface area (TPSA) is 78.3 Å². The molecule has 0 atom stereocenters. The normalized spacial score (nSPS) is 10.9. The van der Waals surface area contributed by atoms with Crippen LogP contribution >= 0.6 is 0 Å². The van der Waals surface area contributed by atoms with Crippen molar-refractivity contribution in [3.63, 3.8) is 0 Å². The molecule has 2 aromatic heterocycles. The summed E-state index contributed by atoms with van der Waals surface area (Å²) in [5.74, 6) is 1.21. The van der Waals surface area contributed by atoms with E-state index in [0.29, 0.717) is 36.8 Å².